The Morgan fingerprint density at radius 3 is 1.62 bits per heavy atom. The first-order chi connectivity index (χ1) is 20.3. The number of hydrogen-bond donors (Lipinski definition) is 1. The van der Waals surface area contributed by atoms with Crippen molar-refractivity contribution in [1.29, 1.82) is 5.41 Å². The van der Waals surface area contributed by atoms with Crippen LogP contribution in [0.1, 0.15) is 56.9 Å². The summed E-state index contributed by atoms with van der Waals surface area (Å²) in [6.07, 6.45) is 7.32. The largest absolute Gasteiger partial charge is 0.426 e. The van der Waals surface area contributed by atoms with Gasteiger partial charge in [-0.15, -0.1) is 0 Å². The van der Waals surface area contributed by atoms with Gasteiger partial charge < -0.3 is 29.2 Å². The molecule has 2 aliphatic carbocycles. The Bertz CT molecular complexity index is 1330. The van der Waals surface area contributed by atoms with Gasteiger partial charge >= 0.3 is 23.9 Å². The molecular formula is C32H33NO9. The first kappa shape index (κ1) is 30.4. The number of esters is 4. The molecule has 0 amide bonds. The summed E-state index contributed by atoms with van der Waals surface area (Å²) in [4.78, 5) is 60.3. The van der Waals surface area contributed by atoms with Crippen LogP contribution in [0.5, 0.6) is 23.0 Å². The highest BCUT2D eigenvalue weighted by atomic mass is 16.5. The molecule has 4 rings (SSSR count). The van der Waals surface area contributed by atoms with Gasteiger partial charge in [-0.25, -0.2) is 4.79 Å². The minimum absolute atomic E-state index is 0.00888. The Balaban J connectivity index is 1.25. The van der Waals surface area contributed by atoms with Crippen LogP contribution in [-0.2, 0) is 24.0 Å². The van der Waals surface area contributed by atoms with E-state index in [-0.39, 0.29) is 29.3 Å². The van der Waals surface area contributed by atoms with Gasteiger partial charge in [-0.2, -0.15) is 0 Å². The maximum Gasteiger partial charge on any atom is 0.335 e. The lowest BCUT2D eigenvalue weighted by molar-refractivity contribution is -0.145. The fraction of sp³-hybridized carbons (Fsp3) is 0.375. The Kier molecular flexibility index (Phi) is 10.4. The van der Waals surface area contributed by atoms with Gasteiger partial charge in [-0.1, -0.05) is 6.58 Å². The van der Waals surface area contributed by atoms with Crippen molar-refractivity contribution in [2.75, 3.05) is 0 Å². The third kappa shape index (κ3) is 7.99. The van der Waals surface area contributed by atoms with Gasteiger partial charge in [-0.3, -0.25) is 14.4 Å². The van der Waals surface area contributed by atoms with E-state index in [1.807, 2.05) is 0 Å². The number of aldehydes is 1. The van der Waals surface area contributed by atoms with Crippen LogP contribution in [0.25, 0.3) is 0 Å². The fourth-order valence-corrected chi connectivity index (χ4v) is 5.18. The highest BCUT2D eigenvalue weighted by molar-refractivity contribution is 5.86. The summed E-state index contributed by atoms with van der Waals surface area (Å²) < 4.78 is 21.6. The van der Waals surface area contributed by atoms with E-state index in [0.717, 1.165) is 18.6 Å². The van der Waals surface area contributed by atoms with Crippen LogP contribution in [0.2, 0.25) is 0 Å². The summed E-state index contributed by atoms with van der Waals surface area (Å²) in [5, 5.41) is 7.73. The second-order valence-corrected chi connectivity index (χ2v) is 10.5. The maximum absolute atomic E-state index is 12.8. The van der Waals surface area contributed by atoms with Crippen molar-refractivity contribution in [3.05, 3.63) is 60.7 Å². The molecule has 2 aromatic rings. The number of rotatable bonds is 10. The molecular weight excluding hydrogens is 542 g/mol. The predicted molar refractivity (Wildman–Crippen MR) is 150 cm³/mol. The smallest absolute Gasteiger partial charge is 0.335 e. The minimum Gasteiger partial charge on any atom is -0.426 e. The Morgan fingerprint density at radius 2 is 1.12 bits per heavy atom. The molecule has 0 heterocycles. The van der Waals surface area contributed by atoms with Crippen molar-refractivity contribution in [3.63, 3.8) is 0 Å². The van der Waals surface area contributed by atoms with Gasteiger partial charge in [0, 0.05) is 23.8 Å². The molecule has 2 aliphatic rings. The normalized spacial score (nSPS) is 21.7. The molecule has 2 aromatic carbocycles. The highest BCUT2D eigenvalue weighted by Gasteiger charge is 2.32. The van der Waals surface area contributed by atoms with E-state index < -0.39 is 29.8 Å². The Hall–Kier alpha value is -4.60. The molecule has 0 radical (unpaired) electrons. The van der Waals surface area contributed by atoms with Crippen LogP contribution < -0.4 is 18.9 Å². The quantitative estimate of drug-likeness (QED) is 0.136. The van der Waals surface area contributed by atoms with Crippen LogP contribution in [0, 0.1) is 29.1 Å². The van der Waals surface area contributed by atoms with Gasteiger partial charge in [0.05, 0.1) is 17.8 Å². The van der Waals surface area contributed by atoms with Crippen molar-refractivity contribution in [2.24, 2.45) is 23.7 Å². The number of ether oxygens (including phenoxy) is 4. The number of hydrogen-bond acceptors (Lipinski definition) is 10. The van der Waals surface area contributed by atoms with E-state index in [4.69, 9.17) is 24.4 Å². The average molecular weight is 576 g/mol. The fourth-order valence-electron chi connectivity index (χ4n) is 5.18. The molecule has 0 spiro atoms. The molecule has 0 bridgehead atoms. The van der Waals surface area contributed by atoms with Crippen LogP contribution in [-0.4, -0.2) is 36.4 Å². The molecule has 2 saturated carbocycles. The first-order valence-corrected chi connectivity index (χ1v) is 14.0. The van der Waals surface area contributed by atoms with E-state index in [1.54, 1.807) is 0 Å². The van der Waals surface area contributed by atoms with Gasteiger partial charge in [0.15, 0.2) is 0 Å². The third-order valence-electron chi connectivity index (χ3n) is 7.68. The van der Waals surface area contributed by atoms with E-state index in [0.29, 0.717) is 68.4 Å². The zero-order valence-electron chi connectivity index (χ0n) is 23.1. The lowest BCUT2D eigenvalue weighted by Gasteiger charge is -2.26. The molecule has 0 aliphatic heterocycles. The standard InChI is InChI=1S/C32H33NO9/c1-2-29(35)39-25-11-13-26(14-12-25)40-30(36)22-7-9-23(10-8-22)31(37)41-27-15-16-28(24(17-27)18-33)42-32(38)21-5-3-20(19-34)4-6-21/h2,11-23,33H,1,3-10H2. The van der Waals surface area contributed by atoms with Gasteiger partial charge in [0.2, 0.25) is 0 Å². The van der Waals surface area contributed by atoms with Gasteiger partial charge in [0.1, 0.15) is 29.3 Å². The first-order valence-electron chi connectivity index (χ1n) is 14.0. The van der Waals surface area contributed by atoms with E-state index in [1.165, 1.54) is 42.5 Å². The third-order valence-corrected chi connectivity index (χ3v) is 7.68. The van der Waals surface area contributed by atoms with Crippen molar-refractivity contribution in [1.82, 2.24) is 0 Å². The zero-order valence-corrected chi connectivity index (χ0v) is 23.1. The molecule has 0 unspecified atom stereocenters. The summed E-state index contributed by atoms with van der Waals surface area (Å²) in [7, 11) is 0. The van der Waals surface area contributed by atoms with E-state index in [9.17, 15) is 24.0 Å². The molecule has 0 atom stereocenters. The second-order valence-electron chi connectivity index (χ2n) is 10.5. The molecule has 1 N–H and O–H groups in total. The summed E-state index contributed by atoms with van der Waals surface area (Å²) in [6.45, 7) is 3.34. The SMILES string of the molecule is C=CC(=O)Oc1ccc(OC(=O)C2CCC(C(=O)Oc3ccc(OC(=O)C4CCC(C=O)CC4)c(C=N)c3)CC2)cc1. The van der Waals surface area contributed by atoms with Crippen molar-refractivity contribution < 1.29 is 42.9 Å². The average Bonchev–Trinajstić information content (AvgIpc) is 3.02. The second kappa shape index (κ2) is 14.3. The molecule has 2 fully saturated rings. The highest BCUT2D eigenvalue weighted by Crippen LogP contribution is 2.33. The van der Waals surface area contributed by atoms with Crippen molar-refractivity contribution in [3.8, 4) is 23.0 Å². The number of carbonyl (C=O) groups excluding carboxylic acids is 5. The molecule has 10 nitrogen and oxygen atoms in total. The summed E-state index contributed by atoms with van der Waals surface area (Å²) in [5.41, 5.74) is 0.300. The van der Waals surface area contributed by atoms with Crippen LogP contribution in [0.4, 0.5) is 0 Å². The summed E-state index contributed by atoms with van der Waals surface area (Å²) in [6, 6.07) is 10.6. The van der Waals surface area contributed by atoms with Crippen LogP contribution in [0.3, 0.4) is 0 Å². The number of benzene rings is 2. The molecule has 42 heavy (non-hydrogen) atoms. The molecule has 0 saturated heterocycles. The Morgan fingerprint density at radius 1 is 0.667 bits per heavy atom. The van der Waals surface area contributed by atoms with E-state index >= 15 is 0 Å². The van der Waals surface area contributed by atoms with Gasteiger partial charge in [-0.05, 0) is 93.8 Å². The topological polar surface area (TPSA) is 146 Å². The predicted octanol–water partition coefficient (Wildman–Crippen LogP) is 5.00. The monoisotopic (exact) mass is 575 g/mol. The van der Waals surface area contributed by atoms with E-state index in [2.05, 4.69) is 6.58 Å². The lowest BCUT2D eigenvalue weighted by Crippen LogP contribution is -2.30. The zero-order chi connectivity index (χ0) is 30.1. The molecule has 220 valence electrons. The lowest BCUT2D eigenvalue weighted by atomic mass is 9.82. The molecule has 0 aromatic heterocycles. The minimum atomic E-state index is -0.589. The molecule has 10 heteroatoms. The summed E-state index contributed by atoms with van der Waals surface area (Å²) >= 11 is 0. The number of carbonyl (C=O) groups is 5. The van der Waals surface area contributed by atoms with Crippen molar-refractivity contribution >= 4 is 36.4 Å². The number of nitrogens with one attached hydrogen (secondary N) is 1. The van der Waals surface area contributed by atoms with Crippen LogP contribution >= 0.6 is 0 Å². The van der Waals surface area contributed by atoms with Gasteiger partial charge in [0.25, 0.3) is 0 Å². The van der Waals surface area contributed by atoms with Crippen molar-refractivity contribution in [2.45, 2.75) is 51.4 Å². The maximum atomic E-state index is 12.8. The summed E-state index contributed by atoms with van der Waals surface area (Å²) in [5.74, 6) is -1.80. The van der Waals surface area contributed by atoms with Crippen LogP contribution in [0.15, 0.2) is 55.1 Å². The Labute approximate surface area is 243 Å².